The molecule has 19 heavy (non-hydrogen) atoms. The van der Waals surface area contributed by atoms with E-state index in [9.17, 15) is 4.79 Å². The number of aromatic amines is 1. The number of nitrogens with one attached hydrogen (secondary N) is 2. The largest absolute Gasteiger partial charge is 0.494 e. The van der Waals surface area contributed by atoms with Crippen molar-refractivity contribution in [2.75, 3.05) is 12.0 Å². The van der Waals surface area contributed by atoms with Gasteiger partial charge in [-0.2, -0.15) is 0 Å². The highest BCUT2D eigenvalue weighted by atomic mass is 16.5. The van der Waals surface area contributed by atoms with Crippen molar-refractivity contribution in [1.82, 2.24) is 15.2 Å². The Morgan fingerprint density at radius 2 is 2.05 bits per heavy atom. The van der Waals surface area contributed by atoms with Crippen LogP contribution in [0.5, 0.6) is 5.75 Å². The molecule has 0 aliphatic heterocycles. The Balaban J connectivity index is 2.24. The molecule has 2 aromatic rings. The lowest BCUT2D eigenvalue weighted by Gasteiger charge is -2.05. The molecule has 0 saturated heterocycles. The number of nitrogens with zero attached hydrogens (tertiary/aromatic N) is 2. The summed E-state index contributed by atoms with van der Waals surface area (Å²) >= 11 is 0. The molecule has 0 aliphatic carbocycles. The van der Waals surface area contributed by atoms with Gasteiger partial charge >= 0.3 is 0 Å². The van der Waals surface area contributed by atoms with Crippen LogP contribution in [0.2, 0.25) is 0 Å². The van der Waals surface area contributed by atoms with Crippen molar-refractivity contribution in [2.45, 2.75) is 13.3 Å². The second-order valence-corrected chi connectivity index (χ2v) is 3.87. The monoisotopic (exact) mass is 261 g/mol. The van der Waals surface area contributed by atoms with Gasteiger partial charge in [-0.3, -0.25) is 15.2 Å². The second kappa shape index (κ2) is 5.96. The van der Waals surface area contributed by atoms with Crippen molar-refractivity contribution in [3.63, 3.8) is 0 Å². The van der Waals surface area contributed by atoms with Gasteiger partial charge in [-0.05, 0) is 30.7 Å². The minimum absolute atomic E-state index is 0.122. The Bertz CT molecular complexity index is 594. The molecule has 2 rings (SSSR count). The van der Waals surface area contributed by atoms with E-state index >= 15 is 0 Å². The van der Waals surface area contributed by atoms with Gasteiger partial charge in [0.05, 0.1) is 6.61 Å². The molecule has 7 nitrogen and oxygen atoms in total. The van der Waals surface area contributed by atoms with Crippen LogP contribution in [0.1, 0.15) is 13.3 Å². The minimum Gasteiger partial charge on any atom is -0.494 e. The van der Waals surface area contributed by atoms with Crippen LogP contribution in [0, 0.1) is 0 Å². The van der Waals surface area contributed by atoms with Crippen molar-refractivity contribution >= 4 is 5.95 Å². The lowest BCUT2D eigenvalue weighted by molar-refractivity contribution is 0.317. The maximum absolute atomic E-state index is 11.8. The van der Waals surface area contributed by atoms with Crippen molar-refractivity contribution in [3.8, 4) is 17.0 Å². The van der Waals surface area contributed by atoms with Gasteiger partial charge in [0.2, 0.25) is 5.95 Å². The van der Waals surface area contributed by atoms with Crippen molar-refractivity contribution in [3.05, 3.63) is 34.6 Å². The first kappa shape index (κ1) is 13.0. The Hall–Kier alpha value is -2.41. The van der Waals surface area contributed by atoms with E-state index in [4.69, 9.17) is 10.6 Å². The first-order valence-electron chi connectivity index (χ1n) is 5.91. The summed E-state index contributed by atoms with van der Waals surface area (Å²) < 4.78 is 5.46. The zero-order valence-electron chi connectivity index (χ0n) is 10.5. The maximum Gasteiger partial charge on any atom is 0.279 e. The molecule has 0 spiro atoms. The van der Waals surface area contributed by atoms with Crippen LogP contribution in [-0.4, -0.2) is 21.8 Å². The van der Waals surface area contributed by atoms with E-state index in [2.05, 4.69) is 20.6 Å². The summed E-state index contributed by atoms with van der Waals surface area (Å²) in [6.45, 7) is 2.70. The van der Waals surface area contributed by atoms with Gasteiger partial charge in [-0.1, -0.05) is 6.92 Å². The smallest absolute Gasteiger partial charge is 0.279 e. The molecule has 1 aromatic carbocycles. The normalized spacial score (nSPS) is 10.2. The van der Waals surface area contributed by atoms with Crippen LogP contribution >= 0.6 is 0 Å². The standard InChI is InChI=1S/C12H15N5O2/c1-2-7-19-9-5-3-8(4-6-9)10-11(18)14-12(15-13)17-16-10/h3-6H,2,7,13H2,1H3,(H2,14,15,17,18). The first-order valence-corrected chi connectivity index (χ1v) is 5.91. The Labute approximate surface area is 109 Å². The summed E-state index contributed by atoms with van der Waals surface area (Å²) in [4.78, 5) is 14.2. The van der Waals surface area contributed by atoms with E-state index in [0.717, 1.165) is 12.2 Å². The summed E-state index contributed by atoms with van der Waals surface area (Å²) in [5.41, 5.74) is 2.78. The Morgan fingerprint density at radius 1 is 1.32 bits per heavy atom. The molecule has 4 N–H and O–H groups in total. The highest BCUT2D eigenvalue weighted by Crippen LogP contribution is 2.18. The highest BCUT2D eigenvalue weighted by molar-refractivity contribution is 5.58. The number of hydrogen-bond donors (Lipinski definition) is 3. The summed E-state index contributed by atoms with van der Waals surface area (Å²) in [5, 5.41) is 7.57. The van der Waals surface area contributed by atoms with E-state index in [-0.39, 0.29) is 17.2 Å². The predicted octanol–water partition coefficient (Wildman–Crippen LogP) is 0.906. The van der Waals surface area contributed by atoms with Crippen LogP contribution in [0.15, 0.2) is 29.1 Å². The Morgan fingerprint density at radius 3 is 2.63 bits per heavy atom. The molecule has 0 aliphatic rings. The third-order valence-electron chi connectivity index (χ3n) is 2.43. The van der Waals surface area contributed by atoms with Gasteiger partial charge in [0.25, 0.3) is 5.56 Å². The number of nitrogen functional groups attached to an aromatic ring is 1. The second-order valence-electron chi connectivity index (χ2n) is 3.87. The third-order valence-corrected chi connectivity index (χ3v) is 2.43. The van der Waals surface area contributed by atoms with Crippen LogP contribution < -0.4 is 21.6 Å². The summed E-state index contributed by atoms with van der Waals surface area (Å²) in [5.74, 6) is 6.02. The number of hydrogen-bond acceptors (Lipinski definition) is 6. The molecule has 0 atom stereocenters. The van der Waals surface area contributed by atoms with Gasteiger partial charge in [-0.25, -0.2) is 5.84 Å². The number of H-pyrrole nitrogens is 1. The average molecular weight is 261 g/mol. The van der Waals surface area contributed by atoms with Crippen LogP contribution in [0.25, 0.3) is 11.3 Å². The zero-order chi connectivity index (χ0) is 13.7. The predicted molar refractivity (Wildman–Crippen MR) is 71.7 cm³/mol. The summed E-state index contributed by atoms with van der Waals surface area (Å²) in [6, 6.07) is 7.11. The molecule has 0 unspecified atom stereocenters. The van der Waals surface area contributed by atoms with Gasteiger partial charge in [0, 0.05) is 5.56 Å². The molecule has 1 heterocycles. The molecule has 0 radical (unpaired) electrons. The number of benzene rings is 1. The maximum atomic E-state index is 11.8. The van der Waals surface area contributed by atoms with Crippen molar-refractivity contribution in [2.24, 2.45) is 5.84 Å². The quantitative estimate of drug-likeness (QED) is 0.545. The number of rotatable bonds is 5. The van der Waals surface area contributed by atoms with Crippen molar-refractivity contribution in [1.29, 1.82) is 0 Å². The molecule has 1 aromatic heterocycles. The molecule has 0 bridgehead atoms. The lowest BCUT2D eigenvalue weighted by atomic mass is 10.1. The van der Waals surface area contributed by atoms with Crippen molar-refractivity contribution < 1.29 is 4.74 Å². The minimum atomic E-state index is -0.356. The zero-order valence-corrected chi connectivity index (χ0v) is 10.5. The van der Waals surface area contributed by atoms with Gasteiger partial charge in [0.15, 0.2) is 5.69 Å². The van der Waals surface area contributed by atoms with E-state index in [1.807, 2.05) is 6.92 Å². The molecular formula is C12H15N5O2. The number of ether oxygens (including phenoxy) is 1. The fourth-order valence-corrected chi connectivity index (χ4v) is 1.52. The number of anilines is 1. The van der Waals surface area contributed by atoms with E-state index in [0.29, 0.717) is 12.2 Å². The fourth-order valence-electron chi connectivity index (χ4n) is 1.52. The third kappa shape index (κ3) is 3.08. The number of aromatic nitrogens is 3. The van der Waals surface area contributed by atoms with Crippen LogP contribution in [0.4, 0.5) is 5.95 Å². The molecule has 0 saturated carbocycles. The summed E-state index contributed by atoms with van der Waals surface area (Å²) in [7, 11) is 0. The summed E-state index contributed by atoms with van der Waals surface area (Å²) in [6.07, 6.45) is 0.945. The van der Waals surface area contributed by atoms with E-state index in [1.54, 1.807) is 24.3 Å². The highest BCUT2D eigenvalue weighted by Gasteiger charge is 2.07. The molecule has 100 valence electrons. The van der Waals surface area contributed by atoms with Crippen LogP contribution in [0.3, 0.4) is 0 Å². The van der Waals surface area contributed by atoms with Gasteiger partial charge < -0.3 is 4.74 Å². The number of hydrazine groups is 1. The first-order chi connectivity index (χ1) is 9.24. The van der Waals surface area contributed by atoms with Gasteiger partial charge in [0.1, 0.15) is 5.75 Å². The molecule has 0 amide bonds. The SMILES string of the molecule is CCCOc1ccc(-c2nnc(NN)[nH]c2=O)cc1. The fraction of sp³-hybridized carbons (Fsp3) is 0.250. The molecule has 0 fully saturated rings. The number of nitrogens with two attached hydrogens (primary N) is 1. The average Bonchev–Trinajstić information content (AvgIpc) is 2.45. The van der Waals surface area contributed by atoms with E-state index < -0.39 is 0 Å². The Kier molecular flexibility index (Phi) is 4.09. The molecular weight excluding hydrogens is 246 g/mol. The van der Waals surface area contributed by atoms with Crippen LogP contribution in [-0.2, 0) is 0 Å². The van der Waals surface area contributed by atoms with Gasteiger partial charge in [-0.15, -0.1) is 10.2 Å². The van der Waals surface area contributed by atoms with E-state index in [1.165, 1.54) is 0 Å². The lowest BCUT2D eigenvalue weighted by Crippen LogP contribution is -2.19. The topological polar surface area (TPSA) is 106 Å². The molecule has 7 heteroatoms.